The van der Waals surface area contributed by atoms with E-state index in [0.717, 1.165) is 51.7 Å². The Morgan fingerprint density at radius 1 is 1.15 bits per heavy atom. The predicted molar refractivity (Wildman–Crippen MR) is 172 cm³/mol. The van der Waals surface area contributed by atoms with Gasteiger partial charge < -0.3 is 15.2 Å². The first-order valence-electron chi connectivity index (χ1n) is 15.9. The number of benzene rings is 2. The predicted octanol–water partition coefficient (Wildman–Crippen LogP) is 4.73. The van der Waals surface area contributed by atoms with E-state index < -0.39 is 32.9 Å². The molecule has 2 aromatic heterocycles. The number of carbonyl (C=O) groups is 1. The number of aromatic nitrogens is 4. The van der Waals surface area contributed by atoms with Crippen LogP contribution in [0, 0.1) is 19.3 Å². The van der Waals surface area contributed by atoms with E-state index >= 15 is 0 Å². The number of aryl methyl sites for hydroxylation is 2. The lowest BCUT2D eigenvalue weighted by atomic mass is 9.69. The van der Waals surface area contributed by atoms with E-state index in [4.69, 9.17) is 4.74 Å². The Bertz CT molecular complexity index is 1940. The summed E-state index contributed by atoms with van der Waals surface area (Å²) < 4.78 is 38.3. The van der Waals surface area contributed by atoms with E-state index in [9.17, 15) is 18.3 Å². The minimum atomic E-state index is -3.95. The molecular weight excluding hydrogens is 604 g/mol. The van der Waals surface area contributed by atoms with Crippen molar-refractivity contribution in [2.45, 2.75) is 82.4 Å². The highest BCUT2D eigenvalue weighted by Crippen LogP contribution is 2.45. The summed E-state index contributed by atoms with van der Waals surface area (Å²) in [7, 11) is -3.95. The van der Waals surface area contributed by atoms with Crippen LogP contribution in [-0.2, 0) is 21.4 Å². The number of nitrogens with zero attached hydrogens (tertiary/aromatic N) is 5. The molecule has 12 heteroatoms. The highest BCUT2D eigenvalue weighted by molar-refractivity contribution is 7.89. The molecule has 2 fully saturated rings. The summed E-state index contributed by atoms with van der Waals surface area (Å²) in [5.41, 5.74) is 4.12. The molecule has 0 unspecified atom stereocenters. The molecule has 0 amide bonds. The molecule has 2 N–H and O–H groups in total. The van der Waals surface area contributed by atoms with E-state index in [1.54, 1.807) is 32.2 Å². The van der Waals surface area contributed by atoms with Gasteiger partial charge in [0.2, 0.25) is 15.9 Å². The second-order valence-corrected chi connectivity index (χ2v) is 15.6. The number of rotatable bonds is 7. The van der Waals surface area contributed by atoms with Crippen LogP contribution in [0.25, 0.3) is 11.0 Å². The monoisotopic (exact) mass is 644 g/mol. The molecule has 2 aromatic carbocycles. The smallest absolute Gasteiger partial charge is 0.310 e. The topological polar surface area (TPSA) is 140 Å². The Morgan fingerprint density at radius 2 is 1.91 bits per heavy atom. The van der Waals surface area contributed by atoms with Crippen molar-refractivity contribution in [2.75, 3.05) is 19.6 Å². The van der Waals surface area contributed by atoms with Crippen LogP contribution in [0.1, 0.15) is 79.3 Å². The minimum absolute atomic E-state index is 0.0623. The number of fused-ring (bicyclic) bond motifs is 2. The molecule has 7 rings (SSSR count). The zero-order valence-electron chi connectivity index (χ0n) is 26.7. The van der Waals surface area contributed by atoms with E-state index in [-0.39, 0.29) is 23.9 Å². The number of hydrogen-bond acceptors (Lipinski definition) is 8. The van der Waals surface area contributed by atoms with Gasteiger partial charge in [-0.05, 0) is 99.6 Å². The van der Waals surface area contributed by atoms with Gasteiger partial charge in [-0.3, -0.25) is 4.79 Å². The fraction of sp³-hybridized carbons (Fsp3) is 0.471. The highest BCUT2D eigenvalue weighted by Gasteiger charge is 2.45. The molecule has 3 aliphatic rings. The average molecular weight is 645 g/mol. The molecule has 46 heavy (non-hydrogen) atoms. The van der Waals surface area contributed by atoms with Gasteiger partial charge in [-0.1, -0.05) is 29.5 Å². The second-order valence-electron chi connectivity index (χ2n) is 13.7. The zero-order chi connectivity index (χ0) is 32.4. The van der Waals surface area contributed by atoms with E-state index in [1.165, 1.54) is 4.31 Å². The van der Waals surface area contributed by atoms with Gasteiger partial charge in [-0.25, -0.2) is 18.1 Å². The van der Waals surface area contributed by atoms with Gasteiger partial charge in [0.25, 0.3) is 0 Å². The molecule has 1 saturated carbocycles. The number of pyridine rings is 1. The van der Waals surface area contributed by atoms with Crippen molar-refractivity contribution in [2.24, 2.45) is 5.41 Å². The molecule has 0 bridgehead atoms. The normalized spacial score (nSPS) is 20.2. The molecule has 0 radical (unpaired) electrons. The first-order chi connectivity index (χ1) is 21.9. The quantitative estimate of drug-likeness (QED) is 0.292. The maximum Gasteiger partial charge on any atom is 0.310 e. The second kappa shape index (κ2) is 11.1. The summed E-state index contributed by atoms with van der Waals surface area (Å²) in [6.45, 7) is 9.16. The molecule has 1 saturated heterocycles. The van der Waals surface area contributed by atoms with Crippen LogP contribution in [0.15, 0.2) is 53.6 Å². The number of aliphatic carboxylic acids is 1. The van der Waals surface area contributed by atoms with Gasteiger partial charge in [0.05, 0.1) is 23.5 Å². The van der Waals surface area contributed by atoms with Gasteiger partial charge in [0.1, 0.15) is 16.0 Å². The molecule has 4 aromatic rings. The number of carboxylic acids is 1. The molecule has 1 aliphatic carbocycles. The van der Waals surface area contributed by atoms with Crippen LogP contribution in [0.2, 0.25) is 0 Å². The van der Waals surface area contributed by atoms with E-state index in [2.05, 4.69) is 20.6 Å². The Labute approximate surface area is 269 Å². The number of ether oxygens (including phenoxy) is 1. The van der Waals surface area contributed by atoms with Gasteiger partial charge in [-0.15, -0.1) is 5.10 Å². The lowest BCUT2D eigenvalue weighted by molar-refractivity contribution is -0.147. The van der Waals surface area contributed by atoms with Crippen molar-refractivity contribution < 1.29 is 23.1 Å². The van der Waals surface area contributed by atoms with Crippen molar-refractivity contribution in [1.82, 2.24) is 29.6 Å². The van der Waals surface area contributed by atoms with Crippen LogP contribution in [0.3, 0.4) is 0 Å². The fourth-order valence-electron chi connectivity index (χ4n) is 7.11. The maximum absolute atomic E-state index is 14.2. The Morgan fingerprint density at radius 3 is 2.63 bits per heavy atom. The van der Waals surface area contributed by atoms with Gasteiger partial charge >= 0.3 is 5.97 Å². The van der Waals surface area contributed by atoms with Crippen LogP contribution < -0.4 is 10.1 Å². The third-order valence-corrected chi connectivity index (χ3v) is 11.9. The number of nitrogens with one attached hydrogen (secondary N) is 1. The Balaban J connectivity index is 1.32. The van der Waals surface area contributed by atoms with Gasteiger partial charge in [0, 0.05) is 31.5 Å². The van der Waals surface area contributed by atoms with Crippen LogP contribution >= 0.6 is 0 Å². The third-order valence-electron chi connectivity index (χ3n) is 10.1. The molecule has 1 spiro atoms. The highest BCUT2D eigenvalue weighted by atomic mass is 32.2. The first-order valence-corrected chi connectivity index (χ1v) is 17.4. The van der Waals surface area contributed by atoms with Crippen molar-refractivity contribution in [3.8, 4) is 5.88 Å². The fourth-order valence-corrected chi connectivity index (χ4v) is 8.67. The van der Waals surface area contributed by atoms with Gasteiger partial charge in [-0.2, -0.15) is 4.31 Å². The summed E-state index contributed by atoms with van der Waals surface area (Å²) in [5, 5.41) is 22.8. The summed E-state index contributed by atoms with van der Waals surface area (Å²) >= 11 is 0. The standard InChI is InChI=1S/C34H40N6O5S/c1-21-7-8-23(29(33(3,4)32(41)42)26-11-12-27-30(22(26)2)37-38-40(27)25-9-10-25)18-24(21)19-39-20-34(13-16-35-17-14-34)45-31-28(46(39,43)44)6-5-15-36-31/h5-8,11-12,15,18,25,29,35H,9-10,13-14,16-17,19-20H2,1-4H3,(H,41,42)/t29-/m1/s1. The average Bonchev–Trinajstić information content (AvgIpc) is 3.78. The molecule has 1 atom stereocenters. The van der Waals surface area contributed by atoms with Crippen LogP contribution in [-0.4, -0.2) is 69.0 Å². The summed E-state index contributed by atoms with van der Waals surface area (Å²) in [6.07, 6.45) is 5.02. The number of sulfonamides is 1. The van der Waals surface area contributed by atoms with Crippen LogP contribution in [0.4, 0.5) is 0 Å². The van der Waals surface area contributed by atoms with Crippen molar-refractivity contribution in [3.05, 3.63) is 76.5 Å². The van der Waals surface area contributed by atoms with Crippen molar-refractivity contribution in [1.29, 1.82) is 0 Å². The molecule has 2 aliphatic heterocycles. The minimum Gasteiger partial charge on any atom is -0.481 e. The Kier molecular flexibility index (Phi) is 7.45. The molecule has 11 nitrogen and oxygen atoms in total. The van der Waals surface area contributed by atoms with E-state index in [1.807, 2.05) is 48.9 Å². The Hall–Kier alpha value is -3.87. The summed E-state index contributed by atoms with van der Waals surface area (Å²) in [6, 6.07) is 13.5. The first kappa shape index (κ1) is 30.8. The molecular formula is C34H40N6O5S. The SMILES string of the molecule is Cc1ccc([C@H](c2ccc3c(nnn3C3CC3)c2C)C(C)(C)C(=O)O)cc1CN1CC2(CCNCC2)Oc2ncccc2S1(=O)=O. The summed E-state index contributed by atoms with van der Waals surface area (Å²) in [4.78, 5) is 17.2. The van der Waals surface area contributed by atoms with E-state index in [0.29, 0.717) is 32.0 Å². The molecule has 242 valence electrons. The number of hydrogen-bond donors (Lipinski definition) is 2. The summed E-state index contributed by atoms with van der Waals surface area (Å²) in [5.74, 6) is -1.32. The lowest BCUT2D eigenvalue weighted by Gasteiger charge is -2.38. The van der Waals surface area contributed by atoms with Gasteiger partial charge in [0.15, 0.2) is 0 Å². The van der Waals surface area contributed by atoms with Crippen molar-refractivity contribution >= 4 is 27.0 Å². The lowest BCUT2D eigenvalue weighted by Crippen LogP contribution is -2.53. The van der Waals surface area contributed by atoms with Crippen LogP contribution in [0.5, 0.6) is 5.88 Å². The number of piperidine rings is 1. The molecule has 4 heterocycles. The number of carboxylic acid groups (broad SMARTS) is 1. The van der Waals surface area contributed by atoms with Crippen molar-refractivity contribution in [3.63, 3.8) is 0 Å². The maximum atomic E-state index is 14.2. The largest absolute Gasteiger partial charge is 0.481 e. The third kappa shape index (κ3) is 5.16. The zero-order valence-corrected chi connectivity index (χ0v) is 27.5.